The van der Waals surface area contributed by atoms with Gasteiger partial charge in [0.25, 0.3) is 0 Å². The van der Waals surface area contributed by atoms with E-state index in [9.17, 15) is 23.8 Å². The zero-order valence-electron chi connectivity index (χ0n) is 31.5. The van der Waals surface area contributed by atoms with Crippen molar-refractivity contribution >= 4 is 25.7 Å². The maximum atomic E-state index is 12.6. The van der Waals surface area contributed by atoms with Crippen molar-refractivity contribution < 1.29 is 47.5 Å². The number of phosphoric acid groups is 1. The predicted molar refractivity (Wildman–Crippen MR) is 199 cm³/mol. The second-order valence-electron chi connectivity index (χ2n) is 13.4. The van der Waals surface area contributed by atoms with Crippen LogP contribution in [0.15, 0.2) is 12.2 Å². The minimum atomic E-state index is -4.70. The molecule has 0 fully saturated rings. The van der Waals surface area contributed by atoms with Gasteiger partial charge in [-0.2, -0.15) is 0 Å². The molecule has 0 aromatic carbocycles. The number of nitrogens with two attached hydrogens (primary N) is 1. The summed E-state index contributed by atoms with van der Waals surface area (Å²) in [4.78, 5) is 45.7. The van der Waals surface area contributed by atoms with E-state index in [0.717, 1.165) is 44.9 Å². The highest BCUT2D eigenvalue weighted by Gasteiger charge is 2.28. The molecule has 0 aliphatic rings. The SMILES string of the molecule is CCCCCCCC/C=C\CCCCCCCCCC(=O)O[C@H](COC(=O)CCCCCCCCCCC)COP(=O)(O)OC[C@H](N)C(=O)O. The van der Waals surface area contributed by atoms with E-state index in [1.165, 1.54) is 96.3 Å². The normalized spacial score (nSPS) is 14.0. The lowest BCUT2D eigenvalue weighted by Gasteiger charge is -2.20. The largest absolute Gasteiger partial charge is 0.480 e. The van der Waals surface area contributed by atoms with Gasteiger partial charge in [-0.3, -0.25) is 23.4 Å². The molecule has 0 spiro atoms. The fourth-order valence-electron chi connectivity index (χ4n) is 5.35. The molecule has 1 unspecified atom stereocenters. The van der Waals surface area contributed by atoms with E-state index in [1.54, 1.807) is 0 Å². The molecule has 0 rings (SSSR count). The van der Waals surface area contributed by atoms with Gasteiger partial charge in [-0.05, 0) is 38.5 Å². The lowest BCUT2D eigenvalue weighted by molar-refractivity contribution is -0.161. The number of esters is 2. The van der Waals surface area contributed by atoms with Crippen molar-refractivity contribution in [1.29, 1.82) is 0 Å². The summed E-state index contributed by atoms with van der Waals surface area (Å²) in [6, 6.07) is -1.52. The van der Waals surface area contributed by atoms with Crippen LogP contribution in [0.25, 0.3) is 0 Å². The number of phosphoric ester groups is 1. The summed E-state index contributed by atoms with van der Waals surface area (Å²) in [6.45, 7) is 2.76. The fourth-order valence-corrected chi connectivity index (χ4v) is 6.13. The fraction of sp³-hybridized carbons (Fsp3) is 0.868. The zero-order chi connectivity index (χ0) is 37.1. The van der Waals surface area contributed by atoms with Crippen molar-refractivity contribution in [3.8, 4) is 0 Å². The molecule has 0 saturated carbocycles. The van der Waals surface area contributed by atoms with Crippen LogP contribution in [0, 0.1) is 0 Å². The van der Waals surface area contributed by atoms with Crippen molar-refractivity contribution in [3.63, 3.8) is 0 Å². The highest BCUT2D eigenvalue weighted by atomic mass is 31.2. The Kier molecular flexibility index (Phi) is 33.1. The van der Waals surface area contributed by atoms with E-state index in [4.69, 9.17) is 24.8 Å². The van der Waals surface area contributed by atoms with Crippen LogP contribution in [0.2, 0.25) is 0 Å². The van der Waals surface area contributed by atoms with E-state index in [1.807, 2.05) is 0 Å². The van der Waals surface area contributed by atoms with Crippen LogP contribution in [0.4, 0.5) is 0 Å². The Morgan fingerprint density at radius 1 is 0.600 bits per heavy atom. The molecular formula is C38H72NO10P. The molecule has 0 aliphatic heterocycles. The molecule has 0 heterocycles. The van der Waals surface area contributed by atoms with Crippen molar-refractivity contribution in [2.45, 2.75) is 193 Å². The lowest BCUT2D eigenvalue weighted by atomic mass is 10.1. The quantitative estimate of drug-likeness (QED) is 0.0240. The van der Waals surface area contributed by atoms with Crippen molar-refractivity contribution in [2.24, 2.45) is 5.73 Å². The first-order valence-electron chi connectivity index (χ1n) is 19.7. The molecule has 0 saturated heterocycles. The number of hydrogen-bond donors (Lipinski definition) is 3. The maximum absolute atomic E-state index is 12.6. The average molecular weight is 734 g/mol. The number of carbonyl (C=O) groups is 3. The molecule has 0 radical (unpaired) electrons. The number of hydrogen-bond acceptors (Lipinski definition) is 9. The Hall–Kier alpha value is -1.78. The number of aliphatic carboxylic acids is 1. The van der Waals surface area contributed by atoms with Gasteiger partial charge in [0, 0.05) is 12.8 Å². The summed E-state index contributed by atoms with van der Waals surface area (Å²) in [5, 5.41) is 8.85. The molecule has 0 bridgehead atoms. The molecule has 0 aromatic heterocycles. The number of carboxylic acid groups (broad SMARTS) is 1. The molecular weight excluding hydrogens is 661 g/mol. The Labute approximate surface area is 303 Å². The zero-order valence-corrected chi connectivity index (χ0v) is 32.4. The standard InChI is InChI=1S/C38H72NO10P/c1-3-5-7-9-11-13-14-15-16-17-18-19-20-22-24-26-28-30-37(41)49-34(32-47-50(44,45)48-33-35(39)38(42)43)31-46-36(40)29-27-25-23-21-12-10-8-6-4-2/h15-16,34-35H,3-14,17-33,39H2,1-2H3,(H,42,43)(H,44,45)/b16-15-/t34-,35+/m1/s1. The summed E-state index contributed by atoms with van der Waals surface area (Å²) >= 11 is 0. The first-order chi connectivity index (χ1) is 24.1. The van der Waals surface area contributed by atoms with Gasteiger partial charge < -0.3 is 25.2 Å². The van der Waals surface area contributed by atoms with Crippen molar-refractivity contribution in [3.05, 3.63) is 12.2 Å². The highest BCUT2D eigenvalue weighted by molar-refractivity contribution is 7.47. The Morgan fingerprint density at radius 3 is 1.46 bits per heavy atom. The second-order valence-corrected chi connectivity index (χ2v) is 14.9. The van der Waals surface area contributed by atoms with Gasteiger partial charge in [-0.1, -0.05) is 142 Å². The van der Waals surface area contributed by atoms with E-state index in [2.05, 4.69) is 30.5 Å². The number of carbonyl (C=O) groups excluding carboxylic acids is 2. The summed E-state index contributed by atoms with van der Waals surface area (Å²) in [6.07, 6.45) is 31.4. The van der Waals surface area contributed by atoms with Crippen LogP contribution in [-0.4, -0.2) is 59.9 Å². The summed E-state index contributed by atoms with van der Waals surface area (Å²) in [5.74, 6) is -2.38. The number of unbranched alkanes of at least 4 members (excludes halogenated alkanes) is 21. The summed E-state index contributed by atoms with van der Waals surface area (Å²) in [5.41, 5.74) is 5.31. The summed E-state index contributed by atoms with van der Waals surface area (Å²) < 4.78 is 32.5. The highest BCUT2D eigenvalue weighted by Crippen LogP contribution is 2.43. The van der Waals surface area contributed by atoms with E-state index in [0.29, 0.717) is 12.8 Å². The molecule has 0 aromatic rings. The van der Waals surface area contributed by atoms with Gasteiger partial charge in [0.2, 0.25) is 0 Å². The minimum Gasteiger partial charge on any atom is -0.480 e. The molecule has 3 atom stereocenters. The van der Waals surface area contributed by atoms with Crippen LogP contribution < -0.4 is 5.73 Å². The molecule has 4 N–H and O–H groups in total. The third kappa shape index (κ3) is 33.4. The van der Waals surface area contributed by atoms with Gasteiger partial charge >= 0.3 is 25.7 Å². The topological polar surface area (TPSA) is 172 Å². The summed E-state index contributed by atoms with van der Waals surface area (Å²) in [7, 11) is -4.70. The number of carboxylic acids is 1. The Balaban J connectivity index is 4.37. The van der Waals surface area contributed by atoms with Gasteiger partial charge in [0.05, 0.1) is 13.2 Å². The smallest absolute Gasteiger partial charge is 0.472 e. The monoisotopic (exact) mass is 733 g/mol. The van der Waals surface area contributed by atoms with E-state index < -0.39 is 51.1 Å². The predicted octanol–water partition coefficient (Wildman–Crippen LogP) is 9.73. The van der Waals surface area contributed by atoms with Gasteiger partial charge in [-0.15, -0.1) is 0 Å². The van der Waals surface area contributed by atoms with E-state index >= 15 is 0 Å². The van der Waals surface area contributed by atoms with Gasteiger partial charge in [-0.25, -0.2) is 4.57 Å². The third-order valence-electron chi connectivity index (χ3n) is 8.51. The molecule has 50 heavy (non-hydrogen) atoms. The number of rotatable bonds is 37. The van der Waals surface area contributed by atoms with Gasteiger partial charge in [0.15, 0.2) is 6.10 Å². The minimum absolute atomic E-state index is 0.160. The lowest BCUT2D eigenvalue weighted by Crippen LogP contribution is -2.34. The second kappa shape index (κ2) is 34.3. The maximum Gasteiger partial charge on any atom is 0.472 e. The van der Waals surface area contributed by atoms with Crippen molar-refractivity contribution in [1.82, 2.24) is 0 Å². The van der Waals surface area contributed by atoms with Crippen molar-refractivity contribution in [2.75, 3.05) is 19.8 Å². The van der Waals surface area contributed by atoms with Crippen LogP contribution in [0.3, 0.4) is 0 Å². The molecule has 12 heteroatoms. The number of ether oxygens (including phenoxy) is 2. The van der Waals surface area contributed by atoms with Gasteiger partial charge in [0.1, 0.15) is 12.6 Å². The first kappa shape index (κ1) is 48.2. The van der Waals surface area contributed by atoms with Crippen LogP contribution in [0.1, 0.15) is 181 Å². The molecule has 0 aliphatic carbocycles. The molecule has 0 amide bonds. The van der Waals surface area contributed by atoms with E-state index in [-0.39, 0.29) is 19.4 Å². The molecule has 294 valence electrons. The number of allylic oxidation sites excluding steroid dienone is 2. The average Bonchev–Trinajstić information content (AvgIpc) is 3.09. The Morgan fingerprint density at radius 2 is 1.00 bits per heavy atom. The molecule has 11 nitrogen and oxygen atoms in total. The third-order valence-corrected chi connectivity index (χ3v) is 9.46. The Bertz CT molecular complexity index is 916. The van der Waals surface area contributed by atoms with Crippen LogP contribution in [-0.2, 0) is 37.5 Å². The van der Waals surface area contributed by atoms with Crippen LogP contribution in [0.5, 0.6) is 0 Å². The first-order valence-corrected chi connectivity index (χ1v) is 21.2. The van der Waals surface area contributed by atoms with Crippen LogP contribution >= 0.6 is 7.82 Å².